The molecule has 1 N–H and O–H groups in total. The average molecular weight is 369 g/mol. The molecule has 1 unspecified atom stereocenters. The number of benzene rings is 1. The number of methoxy groups -OCH3 is 1. The van der Waals surface area contributed by atoms with Gasteiger partial charge in [-0.05, 0) is 48.8 Å². The topological polar surface area (TPSA) is 84.0 Å². The normalized spacial score (nSPS) is 20.4. The molecule has 2 saturated carbocycles. The van der Waals surface area contributed by atoms with Crippen molar-refractivity contribution in [3.8, 4) is 5.75 Å². The van der Waals surface area contributed by atoms with E-state index in [4.69, 9.17) is 4.74 Å². The Balaban J connectivity index is 1.55. The number of ether oxygens (including phenoxy) is 1. The van der Waals surface area contributed by atoms with Crippen molar-refractivity contribution in [1.82, 2.24) is 25.5 Å². The summed E-state index contributed by atoms with van der Waals surface area (Å²) in [6.45, 7) is 2.59. The van der Waals surface area contributed by atoms with Gasteiger partial charge in [-0.25, -0.2) is 0 Å². The number of aromatic amines is 1. The minimum atomic E-state index is -0.418. The number of carbonyl (C=O) groups is 1. The Bertz CT molecular complexity index is 790. The summed E-state index contributed by atoms with van der Waals surface area (Å²) in [7, 11) is 3.55. The first-order valence-electron chi connectivity index (χ1n) is 9.61. The number of carbonyl (C=O) groups excluding carboxylic acids is 1. The third-order valence-corrected chi connectivity index (χ3v) is 6.52. The quantitative estimate of drug-likeness (QED) is 0.846. The maximum absolute atomic E-state index is 13.6. The van der Waals surface area contributed by atoms with Gasteiger partial charge in [-0.1, -0.05) is 30.7 Å². The van der Waals surface area contributed by atoms with Crippen LogP contribution in [0.25, 0.3) is 0 Å². The summed E-state index contributed by atoms with van der Waals surface area (Å²) in [5.74, 6) is 1.68. The maximum atomic E-state index is 13.6. The maximum Gasteiger partial charge on any atom is 0.233 e. The van der Waals surface area contributed by atoms with Gasteiger partial charge in [0.15, 0.2) is 5.82 Å². The molecule has 0 radical (unpaired) electrons. The van der Waals surface area contributed by atoms with E-state index in [2.05, 4.69) is 32.8 Å². The minimum Gasteiger partial charge on any atom is -0.497 e. The van der Waals surface area contributed by atoms with Crippen molar-refractivity contribution in [2.75, 3.05) is 20.7 Å². The van der Waals surface area contributed by atoms with Crippen LogP contribution in [0.3, 0.4) is 0 Å². The Hall–Kier alpha value is -2.44. The van der Waals surface area contributed by atoms with Crippen LogP contribution in [0.15, 0.2) is 24.3 Å². The smallest absolute Gasteiger partial charge is 0.233 e. The molecule has 7 heteroatoms. The van der Waals surface area contributed by atoms with Crippen LogP contribution in [-0.4, -0.2) is 52.1 Å². The molecule has 2 aromatic rings. The molecule has 2 fully saturated rings. The highest BCUT2D eigenvalue weighted by atomic mass is 16.5. The Morgan fingerprint density at radius 3 is 2.52 bits per heavy atom. The molecular formula is C20H27N5O2. The first-order valence-corrected chi connectivity index (χ1v) is 9.61. The molecular weight excluding hydrogens is 342 g/mol. The van der Waals surface area contributed by atoms with Gasteiger partial charge in [-0.3, -0.25) is 4.79 Å². The Morgan fingerprint density at radius 1 is 1.30 bits per heavy atom. The minimum absolute atomic E-state index is 0.0309. The number of tetrazole rings is 1. The van der Waals surface area contributed by atoms with Crippen LogP contribution in [-0.2, 0) is 10.2 Å². The van der Waals surface area contributed by atoms with E-state index < -0.39 is 5.41 Å². The van der Waals surface area contributed by atoms with Crippen molar-refractivity contribution in [1.29, 1.82) is 0 Å². The summed E-state index contributed by atoms with van der Waals surface area (Å²) in [5.41, 5.74) is 1.07. The van der Waals surface area contributed by atoms with Crippen LogP contribution in [0.4, 0.5) is 0 Å². The van der Waals surface area contributed by atoms with Gasteiger partial charge in [0.05, 0.1) is 12.5 Å². The zero-order valence-corrected chi connectivity index (χ0v) is 16.2. The monoisotopic (exact) mass is 369 g/mol. The van der Waals surface area contributed by atoms with E-state index in [1.807, 2.05) is 31.0 Å². The zero-order valence-electron chi connectivity index (χ0n) is 16.2. The lowest BCUT2D eigenvalue weighted by atomic mass is 9.43. The van der Waals surface area contributed by atoms with E-state index in [0.717, 1.165) is 24.2 Å². The largest absolute Gasteiger partial charge is 0.497 e. The van der Waals surface area contributed by atoms with Gasteiger partial charge in [0.1, 0.15) is 5.75 Å². The lowest BCUT2D eigenvalue weighted by Crippen LogP contribution is -2.60. The Morgan fingerprint density at radius 2 is 2.00 bits per heavy atom. The Kier molecular flexibility index (Phi) is 4.40. The van der Waals surface area contributed by atoms with Crippen molar-refractivity contribution in [2.45, 2.75) is 50.4 Å². The van der Waals surface area contributed by atoms with Crippen molar-refractivity contribution in [3.05, 3.63) is 35.7 Å². The molecule has 1 amide bonds. The van der Waals surface area contributed by atoms with Gasteiger partial charge in [0.2, 0.25) is 5.91 Å². The van der Waals surface area contributed by atoms with Crippen molar-refractivity contribution in [3.63, 3.8) is 0 Å². The molecule has 0 saturated heterocycles. The first-order chi connectivity index (χ1) is 13.0. The first kappa shape index (κ1) is 17.9. The van der Waals surface area contributed by atoms with Gasteiger partial charge < -0.3 is 9.64 Å². The summed E-state index contributed by atoms with van der Waals surface area (Å²) >= 11 is 0. The zero-order chi connectivity index (χ0) is 19.1. The second-order valence-corrected chi connectivity index (χ2v) is 8.37. The van der Waals surface area contributed by atoms with E-state index in [0.29, 0.717) is 17.8 Å². The standard InChI is InChI=1S/C20H27N5O2/c1-14(17-21-23-24-22-17)11-25(2)18(26)20(12-19(13-20)9-4-10-19)15-5-7-16(27-3)8-6-15/h5-8,14H,4,9-13H2,1-3H3,(H,21,22,23,24). The summed E-state index contributed by atoms with van der Waals surface area (Å²) in [4.78, 5) is 15.4. The van der Waals surface area contributed by atoms with Crippen LogP contribution in [0.2, 0.25) is 0 Å². The number of hydrogen-bond donors (Lipinski definition) is 1. The van der Waals surface area contributed by atoms with Gasteiger partial charge in [0.25, 0.3) is 0 Å². The lowest BCUT2D eigenvalue weighted by molar-refractivity contribution is -0.152. The van der Waals surface area contributed by atoms with Crippen molar-refractivity contribution >= 4 is 5.91 Å². The fraction of sp³-hybridized carbons (Fsp3) is 0.600. The van der Waals surface area contributed by atoms with Gasteiger partial charge in [0, 0.05) is 19.5 Å². The predicted molar refractivity (Wildman–Crippen MR) is 100 cm³/mol. The molecule has 1 heterocycles. The van der Waals surface area contributed by atoms with E-state index >= 15 is 0 Å². The van der Waals surface area contributed by atoms with Crippen LogP contribution in [0.5, 0.6) is 5.75 Å². The molecule has 1 aromatic carbocycles. The fourth-order valence-electron chi connectivity index (χ4n) is 4.97. The molecule has 0 bridgehead atoms. The number of likely N-dealkylation sites (N-methyl/N-ethyl adjacent to an activating group) is 1. The molecule has 1 aromatic heterocycles. The molecule has 4 rings (SSSR count). The van der Waals surface area contributed by atoms with Crippen LogP contribution >= 0.6 is 0 Å². The molecule has 0 aliphatic heterocycles. The van der Waals surface area contributed by atoms with E-state index in [-0.39, 0.29) is 11.8 Å². The van der Waals surface area contributed by atoms with Crippen molar-refractivity contribution < 1.29 is 9.53 Å². The molecule has 2 aliphatic rings. The SMILES string of the molecule is COc1ccc(C2(C(=O)N(C)CC(C)c3nn[nH]n3)CC3(CCC3)C2)cc1. The fourth-order valence-corrected chi connectivity index (χ4v) is 4.97. The lowest BCUT2D eigenvalue weighted by Gasteiger charge is -2.61. The van der Waals surface area contributed by atoms with E-state index in [1.165, 1.54) is 19.3 Å². The van der Waals surface area contributed by atoms with Crippen LogP contribution in [0, 0.1) is 5.41 Å². The molecule has 1 spiro atoms. The summed E-state index contributed by atoms with van der Waals surface area (Å²) in [6, 6.07) is 8.02. The number of hydrogen-bond acceptors (Lipinski definition) is 5. The average Bonchev–Trinajstić information content (AvgIpc) is 3.15. The third kappa shape index (κ3) is 2.99. The highest BCUT2D eigenvalue weighted by Gasteiger charge is 2.61. The van der Waals surface area contributed by atoms with Crippen molar-refractivity contribution in [2.24, 2.45) is 5.41 Å². The number of amides is 1. The number of H-pyrrole nitrogens is 1. The van der Waals surface area contributed by atoms with Gasteiger partial charge in [-0.2, -0.15) is 5.21 Å². The Labute approximate surface area is 159 Å². The third-order valence-electron chi connectivity index (χ3n) is 6.52. The highest BCUT2D eigenvalue weighted by Crippen LogP contribution is 2.65. The molecule has 7 nitrogen and oxygen atoms in total. The molecule has 27 heavy (non-hydrogen) atoms. The molecule has 144 valence electrons. The molecule has 2 aliphatic carbocycles. The van der Waals surface area contributed by atoms with E-state index in [1.54, 1.807) is 7.11 Å². The number of nitrogens with one attached hydrogen (secondary N) is 1. The molecule has 1 atom stereocenters. The van der Waals surface area contributed by atoms with E-state index in [9.17, 15) is 4.79 Å². The van der Waals surface area contributed by atoms with Gasteiger partial charge in [-0.15, -0.1) is 10.2 Å². The number of rotatable bonds is 6. The van der Waals surface area contributed by atoms with Crippen LogP contribution in [0.1, 0.15) is 56.3 Å². The van der Waals surface area contributed by atoms with Gasteiger partial charge >= 0.3 is 0 Å². The summed E-state index contributed by atoms with van der Waals surface area (Å²) in [6.07, 6.45) is 5.69. The number of nitrogens with zero attached hydrogens (tertiary/aromatic N) is 4. The highest BCUT2D eigenvalue weighted by molar-refractivity contribution is 5.90. The second-order valence-electron chi connectivity index (χ2n) is 8.37. The summed E-state index contributed by atoms with van der Waals surface area (Å²) in [5, 5.41) is 14.2. The summed E-state index contributed by atoms with van der Waals surface area (Å²) < 4.78 is 5.29. The second kappa shape index (κ2) is 6.62. The predicted octanol–water partition coefficient (Wildman–Crippen LogP) is 2.67. The number of aromatic nitrogens is 4. The van der Waals surface area contributed by atoms with Crippen LogP contribution < -0.4 is 4.74 Å².